The SMILES string of the molecule is Nc1cc(Oc2ccc(NC(=O)C3(C(=O)NCc4ccc(F)cc4)CC3)cc2F)ncn1. The second-order valence-corrected chi connectivity index (χ2v) is 7.37. The maximum Gasteiger partial charge on any atom is 0.240 e. The molecule has 3 aromatic rings. The highest BCUT2D eigenvalue weighted by molar-refractivity contribution is 6.13. The number of hydrogen-bond donors (Lipinski definition) is 3. The summed E-state index contributed by atoms with van der Waals surface area (Å²) in [5.41, 5.74) is 5.22. The summed E-state index contributed by atoms with van der Waals surface area (Å²) in [7, 11) is 0. The van der Waals surface area contributed by atoms with Crippen molar-refractivity contribution in [3.8, 4) is 11.6 Å². The lowest BCUT2D eigenvalue weighted by Crippen LogP contribution is -2.39. The molecule has 4 N–H and O–H groups in total. The molecule has 1 aromatic heterocycles. The molecule has 1 aliphatic rings. The Hall–Kier alpha value is -4.08. The Morgan fingerprint density at radius 3 is 2.44 bits per heavy atom. The molecule has 4 rings (SSSR count). The van der Waals surface area contributed by atoms with Gasteiger partial charge >= 0.3 is 0 Å². The number of aromatic nitrogens is 2. The number of carbonyl (C=O) groups is 2. The normalized spacial score (nSPS) is 13.8. The number of nitrogen functional groups attached to an aromatic ring is 1. The second kappa shape index (κ2) is 8.58. The van der Waals surface area contributed by atoms with Gasteiger partial charge in [-0.05, 0) is 42.7 Å². The molecular formula is C22H19F2N5O3. The van der Waals surface area contributed by atoms with Gasteiger partial charge in [0, 0.05) is 24.4 Å². The van der Waals surface area contributed by atoms with Crippen molar-refractivity contribution in [1.29, 1.82) is 0 Å². The third-order valence-corrected chi connectivity index (χ3v) is 5.05. The smallest absolute Gasteiger partial charge is 0.240 e. The molecule has 0 bridgehead atoms. The van der Waals surface area contributed by atoms with Crippen molar-refractivity contribution < 1.29 is 23.1 Å². The molecule has 1 aliphatic carbocycles. The molecule has 0 atom stereocenters. The molecule has 0 saturated heterocycles. The minimum atomic E-state index is -1.20. The van der Waals surface area contributed by atoms with Crippen molar-refractivity contribution in [2.24, 2.45) is 5.41 Å². The Labute approximate surface area is 181 Å². The fraction of sp³-hybridized carbons (Fsp3) is 0.182. The molecule has 1 heterocycles. The van der Waals surface area contributed by atoms with Crippen LogP contribution in [0.5, 0.6) is 11.6 Å². The van der Waals surface area contributed by atoms with Crippen molar-refractivity contribution in [3.05, 3.63) is 72.1 Å². The molecule has 8 nitrogen and oxygen atoms in total. The summed E-state index contributed by atoms with van der Waals surface area (Å²) >= 11 is 0. The van der Waals surface area contributed by atoms with E-state index in [9.17, 15) is 18.4 Å². The van der Waals surface area contributed by atoms with Gasteiger partial charge in [-0.1, -0.05) is 12.1 Å². The highest BCUT2D eigenvalue weighted by atomic mass is 19.1. The molecule has 0 spiro atoms. The van der Waals surface area contributed by atoms with Crippen LogP contribution in [0, 0.1) is 17.0 Å². The van der Waals surface area contributed by atoms with Gasteiger partial charge < -0.3 is 21.1 Å². The number of rotatable bonds is 7. The Morgan fingerprint density at radius 2 is 1.78 bits per heavy atom. The number of nitrogens with one attached hydrogen (secondary N) is 2. The molecule has 32 heavy (non-hydrogen) atoms. The minimum absolute atomic E-state index is 0.0722. The van der Waals surface area contributed by atoms with E-state index in [1.807, 2.05) is 0 Å². The van der Waals surface area contributed by atoms with Crippen molar-refractivity contribution in [2.75, 3.05) is 11.1 Å². The highest BCUT2D eigenvalue weighted by Crippen LogP contribution is 2.47. The zero-order valence-electron chi connectivity index (χ0n) is 16.8. The van der Waals surface area contributed by atoms with Gasteiger partial charge in [0.25, 0.3) is 0 Å². The van der Waals surface area contributed by atoms with E-state index in [1.54, 1.807) is 12.1 Å². The van der Waals surface area contributed by atoms with Crippen LogP contribution in [0.2, 0.25) is 0 Å². The van der Waals surface area contributed by atoms with Gasteiger partial charge in [-0.25, -0.2) is 18.7 Å². The fourth-order valence-corrected chi connectivity index (χ4v) is 3.07. The van der Waals surface area contributed by atoms with Crippen LogP contribution in [0.15, 0.2) is 54.9 Å². The molecule has 0 unspecified atom stereocenters. The standard InChI is InChI=1S/C22H19F2N5O3/c23-14-3-1-13(2-4-14)11-26-20(30)22(7-8-22)21(31)29-15-5-6-17(16(24)9-15)32-19-10-18(25)27-12-28-19/h1-6,9-10,12H,7-8,11H2,(H,26,30)(H,29,31)(H2,25,27,28). The second-order valence-electron chi connectivity index (χ2n) is 7.37. The van der Waals surface area contributed by atoms with Gasteiger partial charge in [-0.3, -0.25) is 9.59 Å². The monoisotopic (exact) mass is 439 g/mol. The first-order chi connectivity index (χ1) is 15.4. The molecule has 0 aliphatic heterocycles. The fourth-order valence-electron chi connectivity index (χ4n) is 3.07. The van der Waals surface area contributed by atoms with E-state index in [0.717, 1.165) is 6.07 Å². The number of carbonyl (C=O) groups excluding carboxylic acids is 2. The van der Waals surface area contributed by atoms with E-state index in [1.165, 1.54) is 36.7 Å². The van der Waals surface area contributed by atoms with Gasteiger partial charge in [0.05, 0.1) is 0 Å². The molecule has 10 heteroatoms. The average molecular weight is 439 g/mol. The van der Waals surface area contributed by atoms with Crippen molar-refractivity contribution >= 4 is 23.3 Å². The number of hydrogen-bond acceptors (Lipinski definition) is 6. The first kappa shape index (κ1) is 21.2. The summed E-state index contributed by atoms with van der Waals surface area (Å²) in [5.74, 6) is -1.92. The number of ether oxygens (including phenoxy) is 1. The first-order valence-corrected chi connectivity index (χ1v) is 9.75. The third kappa shape index (κ3) is 4.64. The molecule has 0 radical (unpaired) electrons. The Bertz CT molecular complexity index is 1170. The molecule has 164 valence electrons. The Kier molecular flexibility index (Phi) is 5.67. The summed E-state index contributed by atoms with van der Waals surface area (Å²) in [5, 5.41) is 5.28. The van der Waals surface area contributed by atoms with Crippen molar-refractivity contribution in [2.45, 2.75) is 19.4 Å². The number of anilines is 2. The molecule has 2 aromatic carbocycles. The van der Waals surface area contributed by atoms with Gasteiger partial charge in [-0.15, -0.1) is 0 Å². The number of halogens is 2. The summed E-state index contributed by atoms with van der Waals surface area (Å²) in [6, 6.07) is 10.9. The topological polar surface area (TPSA) is 119 Å². The molecule has 2 amide bonds. The predicted octanol–water partition coefficient (Wildman–Crippen LogP) is 3.16. The zero-order valence-corrected chi connectivity index (χ0v) is 16.8. The predicted molar refractivity (Wildman–Crippen MR) is 111 cm³/mol. The summed E-state index contributed by atoms with van der Waals surface area (Å²) in [6.45, 7) is 0.169. The lowest BCUT2D eigenvalue weighted by molar-refractivity contribution is -0.134. The maximum absolute atomic E-state index is 14.4. The van der Waals surface area contributed by atoms with Gasteiger partial charge in [0.2, 0.25) is 17.7 Å². The van der Waals surface area contributed by atoms with E-state index in [-0.39, 0.29) is 35.5 Å². The van der Waals surface area contributed by atoms with Crippen molar-refractivity contribution in [1.82, 2.24) is 15.3 Å². The minimum Gasteiger partial charge on any atom is -0.436 e. The Morgan fingerprint density at radius 1 is 1.03 bits per heavy atom. The molecule has 1 saturated carbocycles. The van der Waals surface area contributed by atoms with E-state index in [2.05, 4.69) is 20.6 Å². The summed E-state index contributed by atoms with van der Waals surface area (Å²) in [6.07, 6.45) is 1.95. The van der Waals surface area contributed by atoms with E-state index in [0.29, 0.717) is 18.4 Å². The first-order valence-electron chi connectivity index (χ1n) is 9.75. The largest absolute Gasteiger partial charge is 0.436 e. The third-order valence-electron chi connectivity index (χ3n) is 5.05. The number of nitrogens with zero attached hydrogens (tertiary/aromatic N) is 2. The van der Waals surface area contributed by atoms with Gasteiger partial charge in [0.15, 0.2) is 11.6 Å². The van der Waals surface area contributed by atoms with Crippen LogP contribution >= 0.6 is 0 Å². The number of nitrogens with two attached hydrogens (primary N) is 1. The van der Waals surface area contributed by atoms with Crippen LogP contribution in [0.1, 0.15) is 18.4 Å². The van der Waals surface area contributed by atoms with E-state index >= 15 is 0 Å². The number of amides is 2. The van der Waals surface area contributed by atoms with Crippen LogP contribution in [0.4, 0.5) is 20.3 Å². The Balaban J connectivity index is 1.37. The highest BCUT2D eigenvalue weighted by Gasteiger charge is 2.56. The zero-order chi connectivity index (χ0) is 22.7. The quantitative estimate of drug-likeness (QED) is 0.487. The summed E-state index contributed by atoms with van der Waals surface area (Å²) < 4.78 is 32.8. The lowest BCUT2D eigenvalue weighted by atomic mass is 10.0. The van der Waals surface area contributed by atoms with E-state index < -0.39 is 23.0 Å². The lowest BCUT2D eigenvalue weighted by Gasteiger charge is -2.16. The molecule has 1 fully saturated rings. The molecular weight excluding hydrogens is 420 g/mol. The average Bonchev–Trinajstić information content (AvgIpc) is 3.57. The van der Waals surface area contributed by atoms with Crippen LogP contribution in [0.25, 0.3) is 0 Å². The number of benzene rings is 2. The summed E-state index contributed by atoms with van der Waals surface area (Å²) in [4.78, 5) is 32.9. The van der Waals surface area contributed by atoms with Crippen LogP contribution < -0.4 is 21.1 Å². The van der Waals surface area contributed by atoms with Crippen LogP contribution in [-0.2, 0) is 16.1 Å². The van der Waals surface area contributed by atoms with Gasteiger partial charge in [0.1, 0.15) is 23.4 Å². The van der Waals surface area contributed by atoms with Gasteiger partial charge in [-0.2, -0.15) is 0 Å². The van der Waals surface area contributed by atoms with Crippen LogP contribution in [-0.4, -0.2) is 21.8 Å². The van der Waals surface area contributed by atoms with Crippen LogP contribution in [0.3, 0.4) is 0 Å². The van der Waals surface area contributed by atoms with E-state index in [4.69, 9.17) is 10.5 Å². The maximum atomic E-state index is 14.4. The van der Waals surface area contributed by atoms with Crippen molar-refractivity contribution in [3.63, 3.8) is 0 Å².